The molecule has 1 aromatic heterocycles. The van der Waals surface area contributed by atoms with Gasteiger partial charge in [0.2, 0.25) is 0 Å². The Morgan fingerprint density at radius 1 is 1.11 bits per heavy atom. The van der Waals surface area contributed by atoms with Crippen LogP contribution in [-0.2, 0) is 11.3 Å². The van der Waals surface area contributed by atoms with Gasteiger partial charge in [-0.05, 0) is 36.4 Å². The molecule has 1 saturated heterocycles. The first-order valence-corrected chi connectivity index (χ1v) is 9.37. The number of nitrogens with zero attached hydrogens (tertiary/aromatic N) is 3. The molecule has 3 aromatic rings. The second kappa shape index (κ2) is 6.96. The molecular weight excluding hydrogens is 338 g/mol. The third-order valence-corrected chi connectivity index (χ3v) is 5.07. The molecule has 6 nitrogen and oxygen atoms in total. The lowest BCUT2D eigenvalue weighted by molar-refractivity contribution is 0.120. The van der Waals surface area contributed by atoms with Gasteiger partial charge in [-0.1, -0.05) is 18.2 Å². The lowest BCUT2D eigenvalue weighted by atomic mass is 10.1. The molecule has 5 rings (SSSR count). The van der Waals surface area contributed by atoms with Gasteiger partial charge < -0.3 is 15.4 Å². The fourth-order valence-corrected chi connectivity index (χ4v) is 3.69. The molecule has 2 aliphatic heterocycles. The summed E-state index contributed by atoms with van der Waals surface area (Å²) in [5, 5.41) is 9.32. The average molecular weight is 359 g/mol. The van der Waals surface area contributed by atoms with Crippen molar-refractivity contribution in [2.75, 3.05) is 23.8 Å². The van der Waals surface area contributed by atoms with Crippen LogP contribution in [0, 0.1) is 0 Å². The van der Waals surface area contributed by atoms with Crippen LogP contribution in [-0.4, -0.2) is 35.1 Å². The van der Waals surface area contributed by atoms with Gasteiger partial charge in [-0.3, -0.25) is 9.98 Å². The van der Waals surface area contributed by atoms with Crippen LogP contribution in [0.5, 0.6) is 0 Å². The zero-order chi connectivity index (χ0) is 18.1. The van der Waals surface area contributed by atoms with Gasteiger partial charge >= 0.3 is 0 Å². The van der Waals surface area contributed by atoms with E-state index in [-0.39, 0.29) is 0 Å². The number of hydrogen-bond donors (Lipinski definition) is 2. The van der Waals surface area contributed by atoms with E-state index in [1.807, 2.05) is 0 Å². The molecule has 0 amide bonds. The lowest BCUT2D eigenvalue weighted by Gasteiger charge is -2.14. The fourth-order valence-electron chi connectivity index (χ4n) is 3.69. The molecule has 2 N–H and O–H groups in total. The van der Waals surface area contributed by atoms with Gasteiger partial charge in [-0.15, -0.1) is 0 Å². The Morgan fingerprint density at radius 3 is 3.00 bits per heavy atom. The van der Waals surface area contributed by atoms with Crippen molar-refractivity contribution < 1.29 is 4.74 Å². The van der Waals surface area contributed by atoms with Gasteiger partial charge in [0.1, 0.15) is 5.69 Å². The van der Waals surface area contributed by atoms with E-state index in [1.54, 1.807) is 12.4 Å². The highest BCUT2D eigenvalue weighted by Gasteiger charge is 2.18. The van der Waals surface area contributed by atoms with E-state index in [1.165, 1.54) is 10.8 Å². The molecule has 0 aliphatic carbocycles. The van der Waals surface area contributed by atoms with Crippen molar-refractivity contribution in [3.63, 3.8) is 0 Å². The Labute approximate surface area is 157 Å². The molecule has 136 valence electrons. The van der Waals surface area contributed by atoms with Crippen LogP contribution in [0.1, 0.15) is 24.2 Å². The predicted molar refractivity (Wildman–Crippen MR) is 107 cm³/mol. The normalized spacial score (nSPS) is 18.4. The number of aromatic nitrogens is 2. The van der Waals surface area contributed by atoms with E-state index < -0.39 is 0 Å². The lowest BCUT2D eigenvalue weighted by Crippen LogP contribution is -2.18. The average Bonchev–Trinajstić information content (AvgIpc) is 3.36. The molecule has 0 spiro atoms. The van der Waals surface area contributed by atoms with E-state index in [0.717, 1.165) is 54.6 Å². The quantitative estimate of drug-likeness (QED) is 0.745. The number of rotatable bonds is 4. The Balaban J connectivity index is 1.36. The topological polar surface area (TPSA) is 71.4 Å². The van der Waals surface area contributed by atoms with E-state index in [4.69, 9.17) is 4.74 Å². The third kappa shape index (κ3) is 3.24. The molecule has 1 atom stereocenters. The number of amidine groups is 1. The highest BCUT2D eigenvalue weighted by atomic mass is 16.5. The first kappa shape index (κ1) is 16.2. The summed E-state index contributed by atoms with van der Waals surface area (Å²) >= 11 is 0. The van der Waals surface area contributed by atoms with Crippen LogP contribution < -0.4 is 10.6 Å². The summed E-state index contributed by atoms with van der Waals surface area (Å²) in [7, 11) is 0. The van der Waals surface area contributed by atoms with Gasteiger partial charge in [-0.25, -0.2) is 4.98 Å². The number of ether oxygens (including phenoxy) is 1. The fraction of sp³-hybridized carbons (Fsp3) is 0.286. The largest absolute Gasteiger partial charge is 0.382 e. The molecule has 6 heteroatoms. The maximum absolute atomic E-state index is 5.71. The maximum atomic E-state index is 5.71. The van der Waals surface area contributed by atoms with Gasteiger partial charge in [0.25, 0.3) is 0 Å². The minimum absolute atomic E-state index is 0.322. The first-order chi connectivity index (χ1) is 13.4. The standard InChI is InChI=1S/C21H21N5O/c1-3-14-11-15(26-21-20-19(13-25-21)22-8-9-23-20)6-7-17(14)18(5-1)24-12-16-4-2-10-27-16/h1,3,5-9,11,16,24H,2,4,10,12-13H2,(H,25,26)/t16-/m0/s1. The van der Waals surface area contributed by atoms with Gasteiger partial charge in [-0.2, -0.15) is 0 Å². The van der Waals surface area contributed by atoms with Crippen molar-refractivity contribution in [3.05, 3.63) is 60.2 Å². The van der Waals surface area contributed by atoms with Crippen LogP contribution in [0.15, 0.2) is 53.8 Å². The maximum Gasteiger partial charge on any atom is 0.154 e. The van der Waals surface area contributed by atoms with Crippen molar-refractivity contribution in [2.45, 2.75) is 25.5 Å². The third-order valence-electron chi connectivity index (χ3n) is 5.07. The molecule has 0 saturated carbocycles. The minimum Gasteiger partial charge on any atom is -0.382 e. The van der Waals surface area contributed by atoms with Crippen molar-refractivity contribution in [1.82, 2.24) is 9.97 Å². The Morgan fingerprint density at radius 2 is 2.07 bits per heavy atom. The van der Waals surface area contributed by atoms with E-state index >= 15 is 0 Å². The Kier molecular flexibility index (Phi) is 4.18. The van der Waals surface area contributed by atoms with Crippen molar-refractivity contribution >= 4 is 28.0 Å². The Hall–Kier alpha value is -2.99. The molecular formula is C21H21N5O. The number of anilines is 2. The number of fused-ring (bicyclic) bond motifs is 2. The van der Waals surface area contributed by atoms with Crippen molar-refractivity contribution in [3.8, 4) is 0 Å². The molecule has 0 radical (unpaired) electrons. The summed E-state index contributed by atoms with van der Waals surface area (Å²) in [4.78, 5) is 13.3. The van der Waals surface area contributed by atoms with Gasteiger partial charge in [0, 0.05) is 42.3 Å². The van der Waals surface area contributed by atoms with Crippen LogP contribution >= 0.6 is 0 Å². The van der Waals surface area contributed by atoms with E-state index in [2.05, 4.69) is 62.0 Å². The smallest absolute Gasteiger partial charge is 0.154 e. The van der Waals surface area contributed by atoms with Crippen molar-refractivity contribution in [1.29, 1.82) is 0 Å². The summed E-state index contributed by atoms with van der Waals surface area (Å²) in [6.45, 7) is 2.32. The second-order valence-electron chi connectivity index (χ2n) is 6.90. The Bertz CT molecular complexity index is 1010. The summed E-state index contributed by atoms with van der Waals surface area (Å²) in [6, 6.07) is 12.7. The minimum atomic E-state index is 0.322. The van der Waals surface area contributed by atoms with E-state index in [0.29, 0.717) is 12.6 Å². The number of hydrogen-bond acceptors (Lipinski definition) is 6. The van der Waals surface area contributed by atoms with Gasteiger partial charge in [0.15, 0.2) is 5.84 Å². The molecule has 2 aliphatic rings. The zero-order valence-corrected chi connectivity index (χ0v) is 15.0. The summed E-state index contributed by atoms with van der Waals surface area (Å²) < 4.78 is 5.71. The van der Waals surface area contributed by atoms with Crippen LogP contribution in [0.2, 0.25) is 0 Å². The first-order valence-electron chi connectivity index (χ1n) is 9.37. The van der Waals surface area contributed by atoms with E-state index in [9.17, 15) is 0 Å². The van der Waals surface area contributed by atoms with Crippen LogP contribution in [0.25, 0.3) is 10.8 Å². The highest BCUT2D eigenvalue weighted by molar-refractivity contribution is 6.10. The molecule has 0 bridgehead atoms. The molecule has 0 unspecified atom stereocenters. The monoisotopic (exact) mass is 359 g/mol. The molecule has 2 aromatic carbocycles. The summed E-state index contributed by atoms with van der Waals surface area (Å²) in [6.07, 6.45) is 6.03. The number of aliphatic imine (C=N–C) groups is 1. The number of nitrogens with one attached hydrogen (secondary N) is 2. The van der Waals surface area contributed by atoms with Crippen LogP contribution in [0.3, 0.4) is 0 Å². The predicted octanol–water partition coefficient (Wildman–Crippen LogP) is 3.59. The highest BCUT2D eigenvalue weighted by Crippen LogP contribution is 2.27. The summed E-state index contributed by atoms with van der Waals surface area (Å²) in [5.41, 5.74) is 3.89. The van der Waals surface area contributed by atoms with Crippen molar-refractivity contribution in [2.24, 2.45) is 4.99 Å². The second-order valence-corrected chi connectivity index (χ2v) is 6.90. The molecule has 27 heavy (non-hydrogen) atoms. The number of benzene rings is 2. The van der Waals surface area contributed by atoms with Gasteiger partial charge in [0.05, 0.1) is 18.3 Å². The zero-order valence-electron chi connectivity index (χ0n) is 15.0. The molecule has 3 heterocycles. The molecule has 1 fully saturated rings. The summed E-state index contributed by atoms with van der Waals surface area (Å²) in [5.74, 6) is 0.783. The SMILES string of the molecule is c1cc(NC[C@@H]2CCCO2)c2ccc(NC3=NCc4nccnc43)cc2c1. The van der Waals surface area contributed by atoms with Crippen LogP contribution in [0.4, 0.5) is 11.4 Å².